The quantitative estimate of drug-likeness (QED) is 0.931. The fourth-order valence-corrected chi connectivity index (χ4v) is 4.25. The molecule has 0 aliphatic carbocycles. The number of hydrogen-bond acceptors (Lipinski definition) is 2. The molecule has 2 aliphatic heterocycles. The third-order valence-corrected chi connectivity index (χ3v) is 5.52. The number of carbonyl (C=O) groups is 1. The summed E-state index contributed by atoms with van der Waals surface area (Å²) in [5.74, 6) is 0.881. The zero-order chi connectivity index (χ0) is 16.8. The summed E-state index contributed by atoms with van der Waals surface area (Å²) in [7, 11) is 1.70. The Bertz CT molecular complexity index is 782. The van der Waals surface area contributed by atoms with Crippen molar-refractivity contribution in [3.8, 4) is 5.75 Å². The van der Waals surface area contributed by atoms with Crippen LogP contribution in [0, 0.1) is 0 Å². The van der Waals surface area contributed by atoms with Gasteiger partial charge < -0.3 is 19.5 Å². The van der Waals surface area contributed by atoms with Gasteiger partial charge in [-0.3, -0.25) is 0 Å². The highest BCUT2D eigenvalue weighted by Crippen LogP contribution is 2.40. The van der Waals surface area contributed by atoms with Crippen LogP contribution in [0.15, 0.2) is 18.2 Å². The summed E-state index contributed by atoms with van der Waals surface area (Å²) in [5.41, 5.74) is 3.66. The lowest BCUT2D eigenvalue weighted by atomic mass is 9.93. The van der Waals surface area contributed by atoms with Crippen LogP contribution in [0.1, 0.15) is 44.0 Å². The molecule has 5 nitrogen and oxygen atoms in total. The zero-order valence-corrected chi connectivity index (χ0v) is 14.6. The van der Waals surface area contributed by atoms with Crippen molar-refractivity contribution in [2.24, 2.45) is 0 Å². The van der Waals surface area contributed by atoms with Gasteiger partial charge in [0.25, 0.3) is 0 Å². The minimum atomic E-state index is 0.0938. The minimum Gasteiger partial charge on any atom is -0.497 e. The van der Waals surface area contributed by atoms with Crippen LogP contribution in [0.5, 0.6) is 5.75 Å². The fourth-order valence-electron chi connectivity index (χ4n) is 4.25. The van der Waals surface area contributed by atoms with Crippen LogP contribution in [-0.2, 0) is 6.42 Å². The first-order valence-electron chi connectivity index (χ1n) is 8.89. The van der Waals surface area contributed by atoms with Crippen molar-refractivity contribution >= 4 is 16.9 Å². The smallest absolute Gasteiger partial charge is 0.320 e. The molecule has 2 unspecified atom stereocenters. The Morgan fingerprint density at radius 1 is 1.38 bits per heavy atom. The summed E-state index contributed by atoms with van der Waals surface area (Å²) in [6, 6.07) is 6.73. The van der Waals surface area contributed by atoms with Gasteiger partial charge in [0.2, 0.25) is 0 Å². The van der Waals surface area contributed by atoms with E-state index in [-0.39, 0.29) is 18.1 Å². The first kappa shape index (κ1) is 15.4. The van der Waals surface area contributed by atoms with E-state index in [1.807, 2.05) is 11.0 Å². The normalized spacial score (nSPS) is 22.9. The van der Waals surface area contributed by atoms with E-state index < -0.39 is 0 Å². The van der Waals surface area contributed by atoms with Crippen LogP contribution in [0.25, 0.3) is 10.9 Å². The molecular formula is C19H25N3O2. The number of fused-ring (bicyclic) bond motifs is 4. The molecule has 5 heteroatoms. The molecule has 128 valence electrons. The summed E-state index contributed by atoms with van der Waals surface area (Å²) in [6.45, 7) is 6.02. The number of nitrogens with zero attached hydrogens (tertiary/aromatic N) is 2. The zero-order valence-electron chi connectivity index (χ0n) is 14.6. The molecule has 1 N–H and O–H groups in total. The van der Waals surface area contributed by atoms with E-state index in [0.29, 0.717) is 0 Å². The van der Waals surface area contributed by atoms with E-state index in [1.165, 1.54) is 16.6 Å². The summed E-state index contributed by atoms with van der Waals surface area (Å²) < 4.78 is 5.39. The second-order valence-corrected chi connectivity index (χ2v) is 6.95. The summed E-state index contributed by atoms with van der Waals surface area (Å²) >= 11 is 0. The van der Waals surface area contributed by atoms with Crippen LogP contribution >= 0.6 is 0 Å². The van der Waals surface area contributed by atoms with E-state index in [0.717, 1.165) is 43.6 Å². The molecule has 2 amide bonds. The van der Waals surface area contributed by atoms with Crippen LogP contribution in [0.2, 0.25) is 0 Å². The van der Waals surface area contributed by atoms with Crippen LogP contribution < -0.4 is 4.74 Å². The molecule has 1 aromatic carbocycles. The van der Waals surface area contributed by atoms with E-state index in [9.17, 15) is 4.79 Å². The highest BCUT2D eigenvalue weighted by Gasteiger charge is 2.44. The van der Waals surface area contributed by atoms with Crippen molar-refractivity contribution in [1.29, 1.82) is 0 Å². The maximum atomic E-state index is 12.8. The number of ether oxygens (including phenoxy) is 1. The lowest BCUT2D eigenvalue weighted by Gasteiger charge is -2.34. The highest BCUT2D eigenvalue weighted by molar-refractivity contribution is 5.88. The predicted molar refractivity (Wildman–Crippen MR) is 94.5 cm³/mol. The molecule has 4 rings (SSSR count). The number of rotatable bonds is 4. The Labute approximate surface area is 142 Å². The summed E-state index contributed by atoms with van der Waals surface area (Å²) in [6.07, 6.45) is 3.11. The molecule has 0 spiro atoms. The van der Waals surface area contributed by atoms with Gasteiger partial charge in [-0.05, 0) is 43.5 Å². The van der Waals surface area contributed by atoms with Crippen molar-refractivity contribution < 1.29 is 9.53 Å². The van der Waals surface area contributed by atoms with Gasteiger partial charge in [0.15, 0.2) is 0 Å². The van der Waals surface area contributed by atoms with E-state index >= 15 is 0 Å². The average Bonchev–Trinajstić information content (AvgIpc) is 3.11. The maximum Gasteiger partial charge on any atom is 0.320 e. The molecule has 0 radical (unpaired) electrons. The number of benzene rings is 1. The molecule has 2 aliphatic rings. The van der Waals surface area contributed by atoms with Crippen molar-refractivity contribution in [1.82, 2.24) is 14.8 Å². The standard InChI is InChI=1S/C19H25N3O2/c1-4-5-8-21-11-13-9-16-15-10-14(24-3)6-7-17(15)20-18(16)12(2)22(13)19(21)23/h6-7,10,12-13,20H,4-5,8-9,11H2,1-3H3. The van der Waals surface area contributed by atoms with Crippen molar-refractivity contribution in [3.63, 3.8) is 0 Å². The Morgan fingerprint density at radius 3 is 2.96 bits per heavy atom. The van der Waals surface area contributed by atoms with Crippen LogP contribution in [-0.4, -0.2) is 47.1 Å². The van der Waals surface area contributed by atoms with Gasteiger partial charge in [0.05, 0.1) is 19.2 Å². The Morgan fingerprint density at radius 2 is 2.21 bits per heavy atom. The molecule has 2 aromatic rings. The average molecular weight is 327 g/mol. The Balaban J connectivity index is 1.70. The number of nitrogens with one attached hydrogen (secondary N) is 1. The van der Waals surface area contributed by atoms with Gasteiger partial charge in [-0.15, -0.1) is 0 Å². The molecule has 1 saturated heterocycles. The monoisotopic (exact) mass is 327 g/mol. The molecule has 0 bridgehead atoms. The highest BCUT2D eigenvalue weighted by atomic mass is 16.5. The lowest BCUT2D eigenvalue weighted by Crippen LogP contribution is -2.41. The topological polar surface area (TPSA) is 48.6 Å². The van der Waals surface area contributed by atoms with Gasteiger partial charge in [0.1, 0.15) is 5.75 Å². The second kappa shape index (κ2) is 5.72. The van der Waals surface area contributed by atoms with Gasteiger partial charge >= 0.3 is 6.03 Å². The Kier molecular flexibility index (Phi) is 3.66. The number of aromatic nitrogens is 1. The van der Waals surface area contributed by atoms with Gasteiger partial charge in [-0.25, -0.2) is 4.79 Å². The first-order valence-corrected chi connectivity index (χ1v) is 8.89. The molecule has 2 atom stereocenters. The SMILES string of the molecule is CCCCN1CC2Cc3c([nH]c4ccc(OC)cc34)C(C)N2C1=O. The van der Waals surface area contributed by atoms with Crippen LogP contribution in [0.3, 0.4) is 0 Å². The van der Waals surface area contributed by atoms with E-state index in [4.69, 9.17) is 4.74 Å². The third kappa shape index (κ3) is 2.18. The minimum absolute atomic E-state index is 0.0938. The number of carbonyl (C=O) groups excluding carboxylic acids is 1. The number of hydrogen-bond donors (Lipinski definition) is 1. The van der Waals surface area contributed by atoms with Gasteiger partial charge in [0, 0.05) is 29.7 Å². The molecule has 1 fully saturated rings. The summed E-state index contributed by atoms with van der Waals surface area (Å²) in [5, 5.41) is 1.23. The number of unbranched alkanes of at least 4 members (excludes halogenated alkanes) is 1. The van der Waals surface area contributed by atoms with Crippen molar-refractivity contribution in [2.45, 2.75) is 45.2 Å². The number of aromatic amines is 1. The number of amides is 2. The largest absolute Gasteiger partial charge is 0.497 e. The second-order valence-electron chi connectivity index (χ2n) is 6.95. The van der Waals surface area contributed by atoms with E-state index in [2.05, 4.69) is 35.9 Å². The Hall–Kier alpha value is -2.17. The lowest BCUT2D eigenvalue weighted by molar-refractivity contribution is 0.162. The molecular weight excluding hydrogens is 302 g/mol. The molecule has 24 heavy (non-hydrogen) atoms. The third-order valence-electron chi connectivity index (χ3n) is 5.52. The van der Waals surface area contributed by atoms with Gasteiger partial charge in [-0.1, -0.05) is 13.3 Å². The van der Waals surface area contributed by atoms with Crippen molar-refractivity contribution in [2.75, 3.05) is 20.2 Å². The van der Waals surface area contributed by atoms with E-state index in [1.54, 1.807) is 7.11 Å². The molecule has 3 heterocycles. The fraction of sp³-hybridized carbons (Fsp3) is 0.526. The van der Waals surface area contributed by atoms with Gasteiger partial charge in [-0.2, -0.15) is 0 Å². The van der Waals surface area contributed by atoms with Crippen molar-refractivity contribution in [3.05, 3.63) is 29.5 Å². The predicted octanol–water partition coefficient (Wildman–Crippen LogP) is 3.70. The number of methoxy groups -OCH3 is 1. The molecule has 0 saturated carbocycles. The number of H-pyrrole nitrogens is 1. The summed E-state index contributed by atoms with van der Waals surface area (Å²) in [4.78, 5) is 20.4. The maximum absolute atomic E-state index is 12.8. The van der Waals surface area contributed by atoms with Crippen LogP contribution in [0.4, 0.5) is 4.79 Å². The number of urea groups is 1. The molecule has 1 aromatic heterocycles. The first-order chi connectivity index (χ1) is 11.6.